The minimum Gasteiger partial charge on any atom is -0.462 e. The molecule has 19 heteroatoms. The van der Waals surface area contributed by atoms with Crippen LogP contribution in [0.2, 0.25) is 0 Å². The van der Waals surface area contributed by atoms with Crippen LogP contribution in [0.4, 0.5) is 0 Å². The Hall–Kier alpha value is -1.94. The molecule has 6 atom stereocenters. The molecule has 3 unspecified atom stereocenters. The van der Waals surface area contributed by atoms with Gasteiger partial charge in [0.1, 0.15) is 19.3 Å². The van der Waals surface area contributed by atoms with Gasteiger partial charge in [-0.25, -0.2) is 9.13 Å². The zero-order valence-electron chi connectivity index (χ0n) is 58.3. The number of carbonyl (C=O) groups is 4. The highest BCUT2D eigenvalue weighted by molar-refractivity contribution is 7.47. The number of carbonyl (C=O) groups excluding carboxylic acids is 4. The van der Waals surface area contributed by atoms with E-state index in [1.807, 2.05) is 0 Å². The minimum atomic E-state index is -4.95. The van der Waals surface area contributed by atoms with E-state index in [2.05, 4.69) is 34.6 Å². The van der Waals surface area contributed by atoms with Crippen LogP contribution in [0.25, 0.3) is 0 Å². The second kappa shape index (κ2) is 64.4. The van der Waals surface area contributed by atoms with Crippen LogP contribution >= 0.6 is 15.6 Å². The first-order valence-electron chi connectivity index (χ1n) is 37.2. The Kier molecular flexibility index (Phi) is 63.0. The van der Waals surface area contributed by atoms with Crippen molar-refractivity contribution in [3.8, 4) is 0 Å². The Balaban J connectivity index is 5.21. The Labute approximate surface area is 549 Å². The van der Waals surface area contributed by atoms with Crippen LogP contribution in [0.5, 0.6) is 0 Å². The normalized spacial score (nSPS) is 14.4. The maximum absolute atomic E-state index is 13.0. The summed E-state index contributed by atoms with van der Waals surface area (Å²) in [4.78, 5) is 72.5. The minimum absolute atomic E-state index is 0.105. The van der Waals surface area contributed by atoms with Gasteiger partial charge >= 0.3 is 39.5 Å². The lowest BCUT2D eigenvalue weighted by Gasteiger charge is -2.21. The number of aliphatic hydroxyl groups is 1. The van der Waals surface area contributed by atoms with Crippen molar-refractivity contribution in [3.63, 3.8) is 0 Å². The SMILES string of the molecule is CCCCCCCCCCCCCCCCCCC(=O)O[C@H](COC(=O)CCCCCCCCCCCCCCCCC)COP(=O)(O)OC[C@@H](O)COP(=O)(O)OC[C@@H](COC(=O)CCCCCCCCC)OC(=O)CCCCCCCCCCC(C)CC. The van der Waals surface area contributed by atoms with E-state index in [0.717, 1.165) is 109 Å². The third kappa shape index (κ3) is 63.5. The summed E-state index contributed by atoms with van der Waals surface area (Å²) < 4.78 is 68.2. The summed E-state index contributed by atoms with van der Waals surface area (Å²) in [6, 6.07) is 0. The van der Waals surface area contributed by atoms with Crippen molar-refractivity contribution in [3.05, 3.63) is 0 Å². The Morgan fingerprint density at radius 2 is 0.533 bits per heavy atom. The molecule has 0 rings (SSSR count). The lowest BCUT2D eigenvalue weighted by atomic mass is 9.99. The van der Waals surface area contributed by atoms with Gasteiger partial charge in [-0.3, -0.25) is 37.3 Å². The number of hydrogen-bond acceptors (Lipinski definition) is 15. The second-order valence-corrected chi connectivity index (χ2v) is 28.8. The first-order valence-corrected chi connectivity index (χ1v) is 40.2. The first-order chi connectivity index (χ1) is 43.6. The lowest BCUT2D eigenvalue weighted by molar-refractivity contribution is -0.161. The predicted molar refractivity (Wildman–Crippen MR) is 363 cm³/mol. The quantitative estimate of drug-likeness (QED) is 0.0222. The molecule has 0 aliphatic carbocycles. The molecule has 534 valence electrons. The summed E-state index contributed by atoms with van der Waals surface area (Å²) in [5, 5.41) is 10.6. The Morgan fingerprint density at radius 3 is 0.789 bits per heavy atom. The number of unbranched alkanes of at least 4 members (excludes halogenated alkanes) is 42. The largest absolute Gasteiger partial charge is 0.472 e. The Morgan fingerprint density at radius 1 is 0.311 bits per heavy atom. The van der Waals surface area contributed by atoms with E-state index in [1.165, 1.54) is 180 Å². The zero-order valence-corrected chi connectivity index (χ0v) is 60.1. The van der Waals surface area contributed by atoms with E-state index in [4.69, 9.17) is 37.0 Å². The van der Waals surface area contributed by atoms with E-state index in [9.17, 15) is 43.2 Å². The van der Waals surface area contributed by atoms with Crippen molar-refractivity contribution < 1.29 is 80.2 Å². The molecule has 0 spiro atoms. The fourth-order valence-electron chi connectivity index (χ4n) is 10.8. The van der Waals surface area contributed by atoms with Crippen LogP contribution in [0.3, 0.4) is 0 Å². The van der Waals surface area contributed by atoms with Crippen LogP contribution in [0, 0.1) is 5.92 Å². The number of esters is 4. The van der Waals surface area contributed by atoms with Gasteiger partial charge < -0.3 is 33.8 Å². The molecular formula is C71H138O17P2. The molecule has 0 heterocycles. The summed E-state index contributed by atoms with van der Waals surface area (Å²) in [5.41, 5.74) is 0. The summed E-state index contributed by atoms with van der Waals surface area (Å²) >= 11 is 0. The third-order valence-corrected chi connectivity index (χ3v) is 18.8. The molecule has 90 heavy (non-hydrogen) atoms. The van der Waals surface area contributed by atoms with Gasteiger partial charge in [0.05, 0.1) is 26.4 Å². The van der Waals surface area contributed by atoms with Gasteiger partial charge in [0.2, 0.25) is 0 Å². The van der Waals surface area contributed by atoms with Gasteiger partial charge in [0.15, 0.2) is 12.2 Å². The van der Waals surface area contributed by atoms with Crippen molar-refractivity contribution in [2.75, 3.05) is 39.6 Å². The maximum atomic E-state index is 13.0. The van der Waals surface area contributed by atoms with Crippen LogP contribution in [-0.2, 0) is 65.4 Å². The molecule has 0 radical (unpaired) electrons. The van der Waals surface area contributed by atoms with Crippen LogP contribution in [0.1, 0.15) is 369 Å². The van der Waals surface area contributed by atoms with Gasteiger partial charge in [0, 0.05) is 25.7 Å². The van der Waals surface area contributed by atoms with E-state index < -0.39 is 97.5 Å². The molecule has 17 nitrogen and oxygen atoms in total. The molecule has 0 amide bonds. The molecule has 0 aromatic carbocycles. The van der Waals surface area contributed by atoms with Crippen LogP contribution < -0.4 is 0 Å². The average molecular weight is 1330 g/mol. The number of aliphatic hydroxyl groups excluding tert-OH is 1. The van der Waals surface area contributed by atoms with Gasteiger partial charge in [0.25, 0.3) is 0 Å². The molecule has 0 aromatic rings. The van der Waals surface area contributed by atoms with Gasteiger partial charge in [-0.2, -0.15) is 0 Å². The van der Waals surface area contributed by atoms with E-state index >= 15 is 0 Å². The second-order valence-electron chi connectivity index (χ2n) is 25.9. The number of hydrogen-bond donors (Lipinski definition) is 3. The molecule has 0 aliphatic rings. The number of ether oxygens (including phenoxy) is 4. The molecule has 0 aliphatic heterocycles. The van der Waals surface area contributed by atoms with Gasteiger partial charge in [-0.05, 0) is 31.6 Å². The molecule has 0 saturated carbocycles. The van der Waals surface area contributed by atoms with E-state index in [1.54, 1.807) is 0 Å². The molecule has 0 aromatic heterocycles. The van der Waals surface area contributed by atoms with Crippen LogP contribution in [0.15, 0.2) is 0 Å². The molecule has 3 N–H and O–H groups in total. The maximum Gasteiger partial charge on any atom is 0.472 e. The molecule has 0 bridgehead atoms. The Bertz CT molecular complexity index is 1740. The number of phosphoric acid groups is 2. The highest BCUT2D eigenvalue weighted by atomic mass is 31.2. The standard InChI is InChI=1S/C71H138O17P2/c1-6-10-13-16-19-21-23-25-27-29-31-33-35-41-46-51-56-70(75)87-67(61-82-69(74)55-50-45-40-34-32-30-28-26-24-22-20-17-14-11-7-2)63-86-90(79,80)84-59-65(72)58-83-89(77,78)85-62-66(60-81-68(73)54-49-44-38-18-15-12-8-3)88-71(76)57-52-47-42-37-36-39-43-48-53-64(5)9-4/h64-67,72H,6-63H2,1-5H3,(H,77,78)(H,79,80)/t64?,65-,66+,67+/m0/s1. The monoisotopic (exact) mass is 1320 g/mol. The van der Waals surface area contributed by atoms with Gasteiger partial charge in [-0.1, -0.05) is 317 Å². The smallest absolute Gasteiger partial charge is 0.462 e. The van der Waals surface area contributed by atoms with Crippen molar-refractivity contribution in [1.29, 1.82) is 0 Å². The summed E-state index contributed by atoms with van der Waals surface area (Å²) in [5.74, 6) is -1.36. The lowest BCUT2D eigenvalue weighted by Crippen LogP contribution is -2.30. The highest BCUT2D eigenvalue weighted by Gasteiger charge is 2.30. The predicted octanol–water partition coefficient (Wildman–Crippen LogP) is 20.5. The number of phosphoric ester groups is 2. The summed E-state index contributed by atoms with van der Waals surface area (Å²) in [6.07, 6.45) is 51.4. The van der Waals surface area contributed by atoms with E-state index in [0.29, 0.717) is 25.7 Å². The zero-order chi connectivity index (χ0) is 66.3. The van der Waals surface area contributed by atoms with E-state index in [-0.39, 0.29) is 25.7 Å². The summed E-state index contributed by atoms with van der Waals surface area (Å²) in [7, 11) is -9.90. The highest BCUT2D eigenvalue weighted by Crippen LogP contribution is 2.45. The van der Waals surface area contributed by atoms with Crippen LogP contribution in [-0.4, -0.2) is 96.7 Å². The number of rotatable bonds is 71. The molecule has 0 fully saturated rings. The fourth-order valence-corrected chi connectivity index (χ4v) is 12.4. The van der Waals surface area contributed by atoms with Crippen molar-refractivity contribution >= 4 is 39.5 Å². The fraction of sp³-hybridized carbons (Fsp3) is 0.944. The molecule has 0 saturated heterocycles. The first kappa shape index (κ1) is 88.1. The van der Waals surface area contributed by atoms with Gasteiger partial charge in [-0.15, -0.1) is 0 Å². The van der Waals surface area contributed by atoms with Crippen molar-refractivity contribution in [1.82, 2.24) is 0 Å². The topological polar surface area (TPSA) is 237 Å². The van der Waals surface area contributed by atoms with Crippen molar-refractivity contribution in [2.24, 2.45) is 5.92 Å². The average Bonchev–Trinajstić information content (AvgIpc) is 2.34. The van der Waals surface area contributed by atoms with Crippen molar-refractivity contribution in [2.45, 2.75) is 387 Å². The molecular weight excluding hydrogens is 1190 g/mol. The summed E-state index contributed by atoms with van der Waals surface area (Å²) in [6.45, 7) is 7.22. The third-order valence-electron chi connectivity index (χ3n) is 16.9.